The van der Waals surface area contributed by atoms with E-state index >= 15 is 0 Å². The highest BCUT2D eigenvalue weighted by atomic mass is 79.9. The fraction of sp³-hybridized carbons (Fsp3) is 0.400. The van der Waals surface area contributed by atoms with Gasteiger partial charge in [-0.05, 0) is 34.5 Å². The minimum Gasteiger partial charge on any atom is -0.446 e. The largest absolute Gasteiger partial charge is 0.446 e. The molecule has 6 heteroatoms. The molecule has 0 amide bonds. The van der Waals surface area contributed by atoms with Crippen molar-refractivity contribution >= 4 is 15.9 Å². The second-order valence-corrected chi connectivity index (χ2v) is 4.63. The molecule has 1 aliphatic rings. The SMILES string of the molecule is OC1CCc2nnc(-c3ccc(Br)o3)n2C1. The molecule has 0 saturated heterocycles. The number of hydrogen-bond donors (Lipinski definition) is 1. The first-order chi connectivity index (χ1) is 7.74. The lowest BCUT2D eigenvalue weighted by molar-refractivity contribution is 0.131. The van der Waals surface area contributed by atoms with Crippen LogP contribution in [0.25, 0.3) is 11.6 Å². The minimum atomic E-state index is -0.319. The molecule has 16 heavy (non-hydrogen) atoms. The molecule has 0 saturated carbocycles. The van der Waals surface area contributed by atoms with Gasteiger partial charge >= 0.3 is 0 Å². The molecule has 0 aromatic carbocycles. The molecule has 5 nitrogen and oxygen atoms in total. The van der Waals surface area contributed by atoms with Crippen molar-refractivity contribution in [1.82, 2.24) is 14.8 Å². The summed E-state index contributed by atoms with van der Waals surface area (Å²) in [5.74, 6) is 2.26. The molecule has 1 N–H and O–H groups in total. The van der Waals surface area contributed by atoms with Gasteiger partial charge in [-0.2, -0.15) is 0 Å². The van der Waals surface area contributed by atoms with Crippen LogP contribution in [0.2, 0.25) is 0 Å². The highest BCUT2D eigenvalue weighted by Crippen LogP contribution is 2.26. The zero-order chi connectivity index (χ0) is 11.1. The maximum Gasteiger partial charge on any atom is 0.199 e. The Bertz CT molecular complexity index is 520. The average Bonchev–Trinajstić information content (AvgIpc) is 2.83. The molecule has 2 aromatic rings. The first-order valence-corrected chi connectivity index (χ1v) is 5.89. The van der Waals surface area contributed by atoms with Gasteiger partial charge in [-0.1, -0.05) is 0 Å². The van der Waals surface area contributed by atoms with Crippen LogP contribution in [0.1, 0.15) is 12.2 Å². The fourth-order valence-corrected chi connectivity index (χ4v) is 2.23. The summed E-state index contributed by atoms with van der Waals surface area (Å²) in [4.78, 5) is 0. The number of aliphatic hydroxyl groups excluding tert-OH is 1. The summed E-state index contributed by atoms with van der Waals surface area (Å²) in [6, 6.07) is 3.65. The third kappa shape index (κ3) is 1.58. The van der Waals surface area contributed by atoms with Gasteiger partial charge in [0.2, 0.25) is 0 Å². The summed E-state index contributed by atoms with van der Waals surface area (Å²) in [5, 5.41) is 17.8. The Labute approximate surface area is 100 Å². The van der Waals surface area contributed by atoms with Crippen LogP contribution in [0.4, 0.5) is 0 Å². The Morgan fingerprint density at radius 1 is 1.44 bits per heavy atom. The van der Waals surface area contributed by atoms with Crippen LogP contribution in [0.15, 0.2) is 21.2 Å². The van der Waals surface area contributed by atoms with E-state index in [-0.39, 0.29) is 6.10 Å². The first kappa shape index (κ1) is 10.0. The standard InChI is InChI=1S/C10H10BrN3O2/c11-8-3-2-7(16-8)10-13-12-9-4-1-6(15)5-14(9)10/h2-3,6,15H,1,4-5H2. The highest BCUT2D eigenvalue weighted by Gasteiger charge is 2.23. The van der Waals surface area contributed by atoms with Crippen LogP contribution in [0.3, 0.4) is 0 Å². The molecule has 3 rings (SSSR count). The van der Waals surface area contributed by atoms with E-state index in [2.05, 4.69) is 26.1 Å². The van der Waals surface area contributed by atoms with Gasteiger partial charge in [0.15, 0.2) is 16.3 Å². The normalized spacial score (nSPS) is 19.8. The van der Waals surface area contributed by atoms with Crippen LogP contribution in [-0.2, 0) is 13.0 Å². The maximum atomic E-state index is 9.63. The fourth-order valence-electron chi connectivity index (χ4n) is 1.93. The topological polar surface area (TPSA) is 64.1 Å². The van der Waals surface area contributed by atoms with Gasteiger partial charge in [0.05, 0.1) is 12.6 Å². The van der Waals surface area contributed by atoms with Gasteiger partial charge in [-0.25, -0.2) is 0 Å². The van der Waals surface area contributed by atoms with E-state index in [9.17, 15) is 5.11 Å². The number of aromatic nitrogens is 3. The lowest BCUT2D eigenvalue weighted by Crippen LogP contribution is -2.24. The van der Waals surface area contributed by atoms with Crippen molar-refractivity contribution in [2.24, 2.45) is 0 Å². The molecular weight excluding hydrogens is 274 g/mol. The van der Waals surface area contributed by atoms with E-state index in [1.54, 1.807) is 0 Å². The van der Waals surface area contributed by atoms with Crippen LogP contribution < -0.4 is 0 Å². The van der Waals surface area contributed by atoms with Crippen molar-refractivity contribution in [1.29, 1.82) is 0 Å². The van der Waals surface area contributed by atoms with Gasteiger partial charge in [0, 0.05) is 6.42 Å². The molecule has 0 radical (unpaired) electrons. The average molecular weight is 284 g/mol. The van der Waals surface area contributed by atoms with Gasteiger partial charge in [0.1, 0.15) is 5.82 Å². The minimum absolute atomic E-state index is 0.319. The number of aliphatic hydroxyl groups is 1. The summed E-state index contributed by atoms with van der Waals surface area (Å²) < 4.78 is 8.02. The molecule has 0 aliphatic carbocycles. The van der Waals surface area contributed by atoms with Crippen molar-refractivity contribution in [2.75, 3.05) is 0 Å². The summed E-state index contributed by atoms with van der Waals surface area (Å²) in [5.41, 5.74) is 0. The number of nitrogens with zero attached hydrogens (tertiary/aromatic N) is 3. The van der Waals surface area contributed by atoms with Crippen molar-refractivity contribution in [3.8, 4) is 11.6 Å². The quantitative estimate of drug-likeness (QED) is 0.864. The second-order valence-electron chi connectivity index (χ2n) is 3.85. The van der Waals surface area contributed by atoms with E-state index in [1.807, 2.05) is 16.7 Å². The predicted octanol–water partition coefficient (Wildman–Crippen LogP) is 1.61. The Kier molecular flexibility index (Phi) is 2.33. The molecule has 1 aliphatic heterocycles. The summed E-state index contributed by atoms with van der Waals surface area (Å²) >= 11 is 3.25. The highest BCUT2D eigenvalue weighted by molar-refractivity contribution is 9.10. The van der Waals surface area contributed by atoms with E-state index in [4.69, 9.17) is 4.42 Å². The number of rotatable bonds is 1. The zero-order valence-corrected chi connectivity index (χ0v) is 10.0. The number of furan rings is 1. The molecule has 0 bridgehead atoms. The Hall–Kier alpha value is -1.14. The van der Waals surface area contributed by atoms with Crippen LogP contribution >= 0.6 is 15.9 Å². The molecule has 0 fully saturated rings. The molecule has 1 unspecified atom stereocenters. The summed E-state index contributed by atoms with van der Waals surface area (Å²) in [7, 11) is 0. The number of hydrogen-bond acceptors (Lipinski definition) is 4. The second kappa shape index (κ2) is 3.71. The van der Waals surface area contributed by atoms with Gasteiger partial charge in [-0.3, -0.25) is 0 Å². The first-order valence-electron chi connectivity index (χ1n) is 5.10. The van der Waals surface area contributed by atoms with E-state index < -0.39 is 0 Å². The van der Waals surface area contributed by atoms with Gasteiger partial charge in [-0.15, -0.1) is 10.2 Å². The van der Waals surface area contributed by atoms with Crippen molar-refractivity contribution in [3.05, 3.63) is 22.6 Å². The number of halogens is 1. The van der Waals surface area contributed by atoms with E-state index in [0.29, 0.717) is 22.8 Å². The molecule has 3 heterocycles. The third-order valence-electron chi connectivity index (χ3n) is 2.72. The molecule has 84 valence electrons. The van der Waals surface area contributed by atoms with E-state index in [0.717, 1.165) is 18.7 Å². The summed E-state index contributed by atoms with van der Waals surface area (Å²) in [6.07, 6.45) is 1.19. The molecule has 2 aromatic heterocycles. The number of fused-ring (bicyclic) bond motifs is 1. The zero-order valence-electron chi connectivity index (χ0n) is 8.43. The Balaban J connectivity index is 2.06. The van der Waals surface area contributed by atoms with Crippen molar-refractivity contribution in [2.45, 2.75) is 25.5 Å². The Morgan fingerprint density at radius 3 is 3.06 bits per heavy atom. The van der Waals surface area contributed by atoms with Crippen LogP contribution in [-0.4, -0.2) is 26.0 Å². The maximum absolute atomic E-state index is 9.63. The van der Waals surface area contributed by atoms with Crippen LogP contribution in [0.5, 0.6) is 0 Å². The van der Waals surface area contributed by atoms with Crippen molar-refractivity contribution < 1.29 is 9.52 Å². The third-order valence-corrected chi connectivity index (χ3v) is 3.14. The molecular formula is C10H10BrN3O2. The van der Waals surface area contributed by atoms with Gasteiger partial charge < -0.3 is 14.1 Å². The van der Waals surface area contributed by atoms with Crippen molar-refractivity contribution in [3.63, 3.8) is 0 Å². The molecule has 1 atom stereocenters. The monoisotopic (exact) mass is 283 g/mol. The smallest absolute Gasteiger partial charge is 0.199 e. The Morgan fingerprint density at radius 2 is 2.31 bits per heavy atom. The predicted molar refractivity (Wildman–Crippen MR) is 59.8 cm³/mol. The lowest BCUT2D eigenvalue weighted by atomic mass is 10.1. The lowest BCUT2D eigenvalue weighted by Gasteiger charge is -2.19. The summed E-state index contributed by atoms with van der Waals surface area (Å²) in [6.45, 7) is 0.538. The number of aryl methyl sites for hydroxylation is 1. The van der Waals surface area contributed by atoms with Gasteiger partial charge in [0.25, 0.3) is 0 Å². The van der Waals surface area contributed by atoms with E-state index in [1.165, 1.54) is 0 Å². The molecule has 0 spiro atoms. The van der Waals surface area contributed by atoms with Crippen LogP contribution in [0, 0.1) is 0 Å².